The van der Waals surface area contributed by atoms with Crippen molar-refractivity contribution in [1.82, 2.24) is 19.7 Å². The predicted octanol–water partition coefficient (Wildman–Crippen LogP) is 1.87. The lowest BCUT2D eigenvalue weighted by molar-refractivity contribution is -0.482. The minimum absolute atomic E-state index is 0.642. The molecule has 23 heavy (non-hydrogen) atoms. The normalized spacial score (nSPS) is 16.6. The monoisotopic (exact) mass is 395 g/mol. The maximum Gasteiger partial charge on any atom is 0.349 e. The predicted molar refractivity (Wildman–Crippen MR) is 94.1 cm³/mol. The second kappa shape index (κ2) is 5.58. The van der Waals surface area contributed by atoms with Crippen LogP contribution in [0.25, 0.3) is 16.7 Å². The number of piperazine rings is 1. The zero-order valence-corrected chi connectivity index (χ0v) is 15.3. The van der Waals surface area contributed by atoms with Crippen LogP contribution < -0.4 is 9.30 Å². The van der Waals surface area contributed by atoms with Crippen LogP contribution in [0.2, 0.25) is 5.02 Å². The molecule has 1 aromatic carbocycles. The van der Waals surface area contributed by atoms with Crippen molar-refractivity contribution in [1.29, 1.82) is 0 Å². The minimum atomic E-state index is 0.642. The van der Waals surface area contributed by atoms with Gasteiger partial charge in [0.15, 0.2) is 0 Å². The average molecular weight is 397 g/mol. The van der Waals surface area contributed by atoms with Gasteiger partial charge in [0.1, 0.15) is 11.0 Å². The first-order chi connectivity index (χ1) is 11.0. The van der Waals surface area contributed by atoms with E-state index >= 15 is 0 Å². The lowest BCUT2D eigenvalue weighted by Crippen LogP contribution is -2.45. The molecule has 120 valence electrons. The van der Waals surface area contributed by atoms with Crippen LogP contribution in [0.1, 0.15) is 0 Å². The number of hydrogen-bond acceptors (Lipinski definition) is 4. The van der Waals surface area contributed by atoms with Crippen LogP contribution in [0, 0.1) is 0 Å². The molecule has 0 bridgehead atoms. The van der Waals surface area contributed by atoms with Crippen molar-refractivity contribution in [2.45, 2.75) is 0 Å². The third-order valence-electron chi connectivity index (χ3n) is 4.25. The highest BCUT2D eigenvalue weighted by Gasteiger charge is 2.26. The molecular formula is C15H17BrClN6+. The number of aromatic nitrogens is 4. The highest BCUT2D eigenvalue weighted by atomic mass is 79.9. The number of fused-ring (bicyclic) bond motifs is 3. The van der Waals surface area contributed by atoms with Crippen molar-refractivity contribution in [2.24, 2.45) is 7.05 Å². The molecule has 1 aliphatic rings. The average Bonchev–Trinajstić information content (AvgIpc) is 2.89. The van der Waals surface area contributed by atoms with E-state index in [9.17, 15) is 0 Å². The molecule has 0 radical (unpaired) electrons. The fourth-order valence-electron chi connectivity index (χ4n) is 3.01. The number of rotatable bonds is 1. The van der Waals surface area contributed by atoms with Crippen molar-refractivity contribution in [3.63, 3.8) is 0 Å². The van der Waals surface area contributed by atoms with E-state index < -0.39 is 0 Å². The summed E-state index contributed by atoms with van der Waals surface area (Å²) in [6.07, 6.45) is 1.96. The minimum Gasteiger partial charge on any atom is -0.348 e. The van der Waals surface area contributed by atoms with Crippen molar-refractivity contribution in [3.05, 3.63) is 28.0 Å². The Labute approximate surface area is 147 Å². The Kier molecular flexibility index (Phi) is 3.66. The van der Waals surface area contributed by atoms with E-state index in [0.717, 1.165) is 53.2 Å². The molecule has 3 aromatic rings. The van der Waals surface area contributed by atoms with Gasteiger partial charge in [-0.2, -0.15) is 4.40 Å². The van der Waals surface area contributed by atoms with E-state index in [4.69, 9.17) is 16.6 Å². The summed E-state index contributed by atoms with van der Waals surface area (Å²) in [5.74, 6) is 0.899. The molecule has 0 saturated carbocycles. The topological polar surface area (TPSA) is 41.3 Å². The molecule has 6 nitrogen and oxygen atoms in total. The molecule has 0 atom stereocenters. The largest absolute Gasteiger partial charge is 0.349 e. The molecule has 0 unspecified atom stereocenters. The van der Waals surface area contributed by atoms with Crippen molar-refractivity contribution < 1.29 is 4.40 Å². The van der Waals surface area contributed by atoms with Gasteiger partial charge in [0, 0.05) is 35.8 Å². The van der Waals surface area contributed by atoms with Gasteiger partial charge in [-0.1, -0.05) is 27.5 Å². The van der Waals surface area contributed by atoms with Gasteiger partial charge in [-0.15, -0.1) is 4.68 Å². The van der Waals surface area contributed by atoms with E-state index in [1.54, 1.807) is 0 Å². The molecule has 0 N–H and O–H groups in total. The highest BCUT2D eigenvalue weighted by molar-refractivity contribution is 9.10. The maximum absolute atomic E-state index is 6.44. The fourth-order valence-corrected chi connectivity index (χ4v) is 3.84. The Morgan fingerprint density at radius 1 is 1.17 bits per heavy atom. The number of likely N-dealkylation sites (N-methyl/N-ethyl adjacent to an activating group) is 1. The van der Waals surface area contributed by atoms with Crippen LogP contribution in [0.15, 0.2) is 22.9 Å². The van der Waals surface area contributed by atoms with Crippen LogP contribution in [0.4, 0.5) is 5.82 Å². The SMILES string of the molecule is CN1CCN(c2nc3c(Cl)cc(Br)cc3[n+]3cn(C)nc23)CC1. The van der Waals surface area contributed by atoms with Crippen LogP contribution in [0.5, 0.6) is 0 Å². The van der Waals surface area contributed by atoms with Crippen molar-refractivity contribution in [3.8, 4) is 0 Å². The van der Waals surface area contributed by atoms with Gasteiger partial charge in [-0.3, -0.25) is 0 Å². The number of aryl methyl sites for hydroxylation is 1. The summed E-state index contributed by atoms with van der Waals surface area (Å²) in [6.45, 7) is 3.92. The molecule has 1 aliphatic heterocycles. The van der Waals surface area contributed by atoms with Crippen molar-refractivity contribution >= 4 is 50.0 Å². The first-order valence-corrected chi connectivity index (χ1v) is 8.67. The zero-order valence-electron chi connectivity index (χ0n) is 13.0. The molecule has 0 amide bonds. The summed E-state index contributed by atoms with van der Waals surface area (Å²) in [4.78, 5) is 9.48. The second-order valence-electron chi connectivity index (χ2n) is 5.96. The molecule has 0 spiro atoms. The van der Waals surface area contributed by atoms with Gasteiger partial charge >= 0.3 is 5.65 Å². The maximum atomic E-state index is 6.44. The quantitative estimate of drug-likeness (QED) is 0.589. The molecule has 2 aromatic heterocycles. The van der Waals surface area contributed by atoms with E-state index in [0.29, 0.717) is 5.02 Å². The van der Waals surface area contributed by atoms with E-state index in [1.165, 1.54) is 0 Å². The van der Waals surface area contributed by atoms with Crippen LogP contribution in [0.3, 0.4) is 0 Å². The lowest BCUT2D eigenvalue weighted by atomic mass is 10.2. The summed E-state index contributed by atoms with van der Waals surface area (Å²) >= 11 is 9.95. The van der Waals surface area contributed by atoms with E-state index in [-0.39, 0.29) is 0 Å². The molecular weight excluding hydrogens is 380 g/mol. The third kappa shape index (κ3) is 2.56. The Hall–Kier alpha value is -1.44. The van der Waals surface area contributed by atoms with E-state index in [2.05, 4.69) is 42.3 Å². The number of benzene rings is 1. The first-order valence-electron chi connectivity index (χ1n) is 7.50. The molecule has 1 saturated heterocycles. The summed E-state index contributed by atoms with van der Waals surface area (Å²) in [5.41, 5.74) is 2.61. The van der Waals surface area contributed by atoms with Gasteiger partial charge in [0.25, 0.3) is 0 Å². The number of anilines is 1. The Morgan fingerprint density at radius 2 is 1.91 bits per heavy atom. The number of nitrogens with zero attached hydrogens (tertiary/aromatic N) is 6. The molecule has 4 rings (SSSR count). The van der Waals surface area contributed by atoms with Gasteiger partial charge < -0.3 is 9.80 Å². The molecule has 1 fully saturated rings. The van der Waals surface area contributed by atoms with Crippen LogP contribution in [-0.4, -0.2) is 52.9 Å². The smallest absolute Gasteiger partial charge is 0.348 e. The zero-order chi connectivity index (χ0) is 16.1. The first kappa shape index (κ1) is 15.1. The van der Waals surface area contributed by atoms with Crippen molar-refractivity contribution in [2.75, 3.05) is 38.1 Å². The Balaban J connectivity index is 1.99. The lowest BCUT2D eigenvalue weighted by Gasteiger charge is -2.32. The summed E-state index contributed by atoms with van der Waals surface area (Å²) < 4.78 is 4.80. The molecule has 8 heteroatoms. The van der Waals surface area contributed by atoms with Gasteiger partial charge in [-0.05, 0) is 19.2 Å². The number of hydrogen-bond donors (Lipinski definition) is 0. The molecule has 3 heterocycles. The fraction of sp³-hybridized carbons (Fsp3) is 0.400. The van der Waals surface area contributed by atoms with Crippen LogP contribution in [-0.2, 0) is 7.05 Å². The summed E-state index contributed by atoms with van der Waals surface area (Å²) in [7, 11) is 4.07. The summed E-state index contributed by atoms with van der Waals surface area (Å²) in [6, 6.07) is 3.91. The standard InChI is InChI=1S/C15H17BrClN6/c1-20-3-5-22(6-4-20)14-15-19-21(2)9-23(15)12-8-10(16)7-11(17)13(12)18-14/h7-9H,3-6H2,1-2H3/q+1. The summed E-state index contributed by atoms with van der Waals surface area (Å²) in [5, 5.41) is 5.26. The van der Waals surface area contributed by atoms with Gasteiger partial charge in [0.05, 0.1) is 12.1 Å². The second-order valence-corrected chi connectivity index (χ2v) is 7.29. The van der Waals surface area contributed by atoms with Gasteiger partial charge in [-0.25, -0.2) is 4.98 Å². The molecule has 0 aliphatic carbocycles. The van der Waals surface area contributed by atoms with Gasteiger partial charge in [0.2, 0.25) is 12.1 Å². The number of halogens is 2. The third-order valence-corrected chi connectivity index (χ3v) is 5.00. The van der Waals surface area contributed by atoms with Crippen LogP contribution >= 0.6 is 27.5 Å². The van der Waals surface area contributed by atoms with E-state index in [1.807, 2.05) is 30.2 Å². The Bertz CT molecular complexity index is 900. The highest BCUT2D eigenvalue weighted by Crippen LogP contribution is 2.28. The Morgan fingerprint density at radius 3 is 2.65 bits per heavy atom.